The highest BCUT2D eigenvalue weighted by Gasteiger charge is 2.20. The molecule has 2 rings (SSSR count). The molecule has 106 valence electrons. The number of Topliss-reactive ketones (excluding diaryl/α,β-unsaturated/α-hetero) is 1. The summed E-state index contributed by atoms with van der Waals surface area (Å²) in [6.07, 6.45) is 1.17. The highest BCUT2D eigenvalue weighted by Crippen LogP contribution is 2.25. The van der Waals surface area contributed by atoms with Crippen molar-refractivity contribution in [3.8, 4) is 6.07 Å². The van der Waals surface area contributed by atoms with Gasteiger partial charge in [0.25, 0.3) is 0 Å². The van der Waals surface area contributed by atoms with Gasteiger partial charge in [-0.3, -0.25) is 9.69 Å². The first-order chi connectivity index (χ1) is 9.67. The van der Waals surface area contributed by atoms with Gasteiger partial charge in [0, 0.05) is 31.7 Å². The SMILES string of the molecule is CCCN1CCN(c2cccc(C(C)=O)c2C#N)CC1. The van der Waals surface area contributed by atoms with Crippen molar-refractivity contribution in [1.82, 2.24) is 4.90 Å². The molecule has 20 heavy (non-hydrogen) atoms. The molecular weight excluding hydrogens is 250 g/mol. The van der Waals surface area contributed by atoms with Gasteiger partial charge < -0.3 is 4.90 Å². The second-order valence-corrected chi connectivity index (χ2v) is 5.20. The maximum atomic E-state index is 11.6. The van der Waals surface area contributed by atoms with Crippen molar-refractivity contribution in [3.05, 3.63) is 29.3 Å². The molecule has 0 saturated carbocycles. The molecule has 4 nitrogen and oxygen atoms in total. The fraction of sp³-hybridized carbons (Fsp3) is 0.500. The van der Waals surface area contributed by atoms with E-state index in [1.54, 1.807) is 6.07 Å². The first-order valence-corrected chi connectivity index (χ1v) is 7.18. The van der Waals surface area contributed by atoms with Gasteiger partial charge in [0.2, 0.25) is 0 Å². The van der Waals surface area contributed by atoms with Crippen LogP contribution in [0.4, 0.5) is 5.69 Å². The minimum atomic E-state index is -0.0481. The molecule has 0 spiro atoms. The highest BCUT2D eigenvalue weighted by atomic mass is 16.1. The maximum absolute atomic E-state index is 11.6. The molecule has 0 amide bonds. The molecule has 4 heteroatoms. The smallest absolute Gasteiger partial charge is 0.161 e. The van der Waals surface area contributed by atoms with E-state index in [2.05, 4.69) is 22.8 Å². The summed E-state index contributed by atoms with van der Waals surface area (Å²) in [5.41, 5.74) is 1.95. The topological polar surface area (TPSA) is 47.3 Å². The zero-order chi connectivity index (χ0) is 14.5. The van der Waals surface area contributed by atoms with Crippen LogP contribution < -0.4 is 4.90 Å². The monoisotopic (exact) mass is 271 g/mol. The molecule has 1 saturated heterocycles. The lowest BCUT2D eigenvalue weighted by molar-refractivity contribution is 0.101. The molecule has 0 atom stereocenters. The van der Waals surface area contributed by atoms with E-state index in [9.17, 15) is 10.1 Å². The van der Waals surface area contributed by atoms with Crippen LogP contribution in [-0.2, 0) is 0 Å². The van der Waals surface area contributed by atoms with E-state index in [4.69, 9.17) is 0 Å². The van der Waals surface area contributed by atoms with Crippen LogP contribution >= 0.6 is 0 Å². The number of piperazine rings is 1. The number of nitrogens with zero attached hydrogens (tertiary/aromatic N) is 3. The van der Waals surface area contributed by atoms with Crippen LogP contribution in [0.2, 0.25) is 0 Å². The molecule has 0 bridgehead atoms. The van der Waals surface area contributed by atoms with Crippen molar-refractivity contribution in [3.63, 3.8) is 0 Å². The molecule has 0 N–H and O–H groups in total. The van der Waals surface area contributed by atoms with Crippen LogP contribution in [-0.4, -0.2) is 43.4 Å². The van der Waals surface area contributed by atoms with Gasteiger partial charge in [-0.05, 0) is 32.0 Å². The zero-order valence-corrected chi connectivity index (χ0v) is 12.2. The number of anilines is 1. The predicted octanol–water partition coefficient (Wildman–Crippen LogP) is 2.29. The Balaban J connectivity index is 2.20. The Morgan fingerprint density at radius 3 is 2.55 bits per heavy atom. The minimum Gasteiger partial charge on any atom is -0.368 e. The van der Waals surface area contributed by atoms with E-state index in [-0.39, 0.29) is 5.78 Å². The van der Waals surface area contributed by atoms with E-state index in [0.29, 0.717) is 11.1 Å². The number of rotatable bonds is 4. The lowest BCUT2D eigenvalue weighted by Gasteiger charge is -2.36. The Hall–Kier alpha value is -1.86. The summed E-state index contributed by atoms with van der Waals surface area (Å²) in [6, 6.07) is 7.75. The predicted molar refractivity (Wildman–Crippen MR) is 80.1 cm³/mol. The second-order valence-electron chi connectivity index (χ2n) is 5.20. The van der Waals surface area contributed by atoms with Crippen molar-refractivity contribution >= 4 is 11.5 Å². The molecule has 1 aliphatic heterocycles. The molecule has 1 aliphatic rings. The Kier molecular flexibility index (Phi) is 4.75. The number of ketones is 1. The maximum Gasteiger partial charge on any atom is 0.161 e. The summed E-state index contributed by atoms with van der Waals surface area (Å²) in [5, 5.41) is 9.38. The number of carbonyl (C=O) groups excluding carboxylic acids is 1. The van der Waals surface area contributed by atoms with E-state index in [0.717, 1.165) is 38.4 Å². The summed E-state index contributed by atoms with van der Waals surface area (Å²) in [4.78, 5) is 16.3. The van der Waals surface area contributed by atoms with Crippen LogP contribution in [0.5, 0.6) is 0 Å². The van der Waals surface area contributed by atoms with Gasteiger partial charge in [-0.2, -0.15) is 5.26 Å². The summed E-state index contributed by atoms with van der Waals surface area (Å²) in [6.45, 7) is 8.69. The summed E-state index contributed by atoms with van der Waals surface area (Å²) < 4.78 is 0. The lowest BCUT2D eigenvalue weighted by atomic mass is 10.0. The van der Waals surface area contributed by atoms with E-state index in [1.165, 1.54) is 13.3 Å². The van der Waals surface area contributed by atoms with Gasteiger partial charge in [-0.15, -0.1) is 0 Å². The Labute approximate surface area is 120 Å². The first-order valence-electron chi connectivity index (χ1n) is 7.18. The Morgan fingerprint density at radius 2 is 2.00 bits per heavy atom. The fourth-order valence-electron chi connectivity index (χ4n) is 2.74. The number of carbonyl (C=O) groups is 1. The number of hydrogen-bond donors (Lipinski definition) is 0. The van der Waals surface area contributed by atoms with E-state index in [1.807, 2.05) is 12.1 Å². The van der Waals surface area contributed by atoms with Gasteiger partial charge in [0.15, 0.2) is 5.78 Å². The van der Waals surface area contributed by atoms with Gasteiger partial charge in [-0.25, -0.2) is 0 Å². The van der Waals surface area contributed by atoms with Crippen molar-refractivity contribution < 1.29 is 4.79 Å². The standard InChI is InChI=1S/C16H21N3O/c1-3-7-18-8-10-19(11-9-18)16-6-4-5-14(13(2)20)15(16)12-17/h4-6H,3,7-11H2,1-2H3. The third-order valence-corrected chi connectivity index (χ3v) is 3.79. The van der Waals surface area contributed by atoms with Crippen molar-refractivity contribution in [2.45, 2.75) is 20.3 Å². The second kappa shape index (κ2) is 6.53. The number of benzene rings is 1. The molecule has 1 aromatic rings. The quantitative estimate of drug-likeness (QED) is 0.788. The van der Waals surface area contributed by atoms with Crippen LogP contribution in [0.15, 0.2) is 18.2 Å². The molecule has 0 unspecified atom stereocenters. The average molecular weight is 271 g/mol. The van der Waals surface area contributed by atoms with Crippen LogP contribution in [0, 0.1) is 11.3 Å². The lowest BCUT2D eigenvalue weighted by Crippen LogP contribution is -2.46. The number of nitriles is 1. The van der Waals surface area contributed by atoms with E-state index >= 15 is 0 Å². The molecular formula is C16H21N3O. The van der Waals surface area contributed by atoms with Gasteiger partial charge >= 0.3 is 0 Å². The van der Waals surface area contributed by atoms with Crippen LogP contribution in [0.25, 0.3) is 0 Å². The van der Waals surface area contributed by atoms with Gasteiger partial charge in [0.05, 0.1) is 11.3 Å². The molecule has 1 fully saturated rings. The van der Waals surface area contributed by atoms with E-state index < -0.39 is 0 Å². The third kappa shape index (κ3) is 3.00. The average Bonchev–Trinajstić information content (AvgIpc) is 2.47. The van der Waals surface area contributed by atoms with Crippen molar-refractivity contribution in [2.24, 2.45) is 0 Å². The molecule has 1 aromatic carbocycles. The summed E-state index contributed by atoms with van der Waals surface area (Å²) in [7, 11) is 0. The number of hydrogen-bond acceptors (Lipinski definition) is 4. The van der Waals surface area contributed by atoms with Crippen molar-refractivity contribution in [2.75, 3.05) is 37.6 Å². The summed E-state index contributed by atoms with van der Waals surface area (Å²) >= 11 is 0. The third-order valence-electron chi connectivity index (χ3n) is 3.79. The normalized spacial score (nSPS) is 15.9. The fourth-order valence-corrected chi connectivity index (χ4v) is 2.74. The minimum absolute atomic E-state index is 0.0481. The van der Waals surface area contributed by atoms with Gasteiger partial charge in [-0.1, -0.05) is 13.0 Å². The van der Waals surface area contributed by atoms with Crippen molar-refractivity contribution in [1.29, 1.82) is 5.26 Å². The van der Waals surface area contributed by atoms with Crippen LogP contribution in [0.3, 0.4) is 0 Å². The Bertz CT molecular complexity index is 525. The first kappa shape index (κ1) is 14.5. The molecule has 0 aliphatic carbocycles. The zero-order valence-electron chi connectivity index (χ0n) is 12.2. The van der Waals surface area contributed by atoms with Gasteiger partial charge in [0.1, 0.15) is 6.07 Å². The Morgan fingerprint density at radius 1 is 1.30 bits per heavy atom. The van der Waals surface area contributed by atoms with Crippen LogP contribution in [0.1, 0.15) is 36.2 Å². The molecule has 1 heterocycles. The highest BCUT2D eigenvalue weighted by molar-refractivity contribution is 5.98. The largest absolute Gasteiger partial charge is 0.368 e. The molecule has 0 radical (unpaired) electrons. The molecule has 0 aromatic heterocycles. The summed E-state index contributed by atoms with van der Waals surface area (Å²) in [5.74, 6) is -0.0481.